The van der Waals surface area contributed by atoms with E-state index in [-0.39, 0.29) is 0 Å². The zero-order valence-corrected chi connectivity index (χ0v) is 15.4. The minimum atomic E-state index is -0.612. The van der Waals surface area contributed by atoms with Gasteiger partial charge in [-0.15, -0.1) is 0 Å². The quantitative estimate of drug-likeness (QED) is 0.770. The Balaban J connectivity index is 1.75. The van der Waals surface area contributed by atoms with E-state index < -0.39 is 6.10 Å². The van der Waals surface area contributed by atoms with Crippen LogP contribution in [0.5, 0.6) is 11.5 Å². The van der Waals surface area contributed by atoms with Gasteiger partial charge in [-0.2, -0.15) is 0 Å². The summed E-state index contributed by atoms with van der Waals surface area (Å²) in [6.45, 7) is 1.27. The molecular formula is C20H24ClNO3. The molecule has 0 amide bonds. The summed E-state index contributed by atoms with van der Waals surface area (Å²) in [5.74, 6) is 1.58. The van der Waals surface area contributed by atoms with Crippen LogP contribution in [0.25, 0.3) is 0 Å². The Kier molecular flexibility index (Phi) is 5.84. The van der Waals surface area contributed by atoms with Gasteiger partial charge in [-0.25, -0.2) is 0 Å². The fraction of sp³-hybridized carbons (Fsp3) is 0.400. The minimum absolute atomic E-state index is 0.504. The van der Waals surface area contributed by atoms with Crippen molar-refractivity contribution in [2.75, 3.05) is 20.8 Å². The average Bonchev–Trinajstić information content (AvgIpc) is 3.46. The SMILES string of the molecule is COc1ccc(CN(C[C@H](O)c2ccccc2Cl)C2CC2)c(OC)c1. The minimum Gasteiger partial charge on any atom is -0.497 e. The molecular weight excluding hydrogens is 338 g/mol. The highest BCUT2D eigenvalue weighted by Gasteiger charge is 2.31. The lowest BCUT2D eigenvalue weighted by atomic mass is 10.1. The first-order valence-corrected chi connectivity index (χ1v) is 8.87. The van der Waals surface area contributed by atoms with Crippen molar-refractivity contribution in [3.8, 4) is 11.5 Å². The first-order valence-electron chi connectivity index (χ1n) is 8.49. The molecule has 2 aromatic rings. The van der Waals surface area contributed by atoms with Crippen molar-refractivity contribution in [1.82, 2.24) is 4.90 Å². The van der Waals surface area contributed by atoms with Crippen LogP contribution in [-0.4, -0.2) is 36.8 Å². The highest BCUT2D eigenvalue weighted by Crippen LogP contribution is 2.34. The summed E-state index contributed by atoms with van der Waals surface area (Å²) in [5, 5.41) is 11.3. The van der Waals surface area contributed by atoms with Gasteiger partial charge in [-0.1, -0.05) is 35.9 Å². The maximum absolute atomic E-state index is 10.7. The summed E-state index contributed by atoms with van der Waals surface area (Å²) in [6, 6.07) is 13.8. The molecule has 0 bridgehead atoms. The lowest BCUT2D eigenvalue weighted by Crippen LogP contribution is -2.30. The van der Waals surface area contributed by atoms with Crippen molar-refractivity contribution in [2.24, 2.45) is 0 Å². The van der Waals surface area contributed by atoms with Gasteiger partial charge in [0.25, 0.3) is 0 Å². The number of aliphatic hydroxyl groups is 1. The Morgan fingerprint density at radius 3 is 2.56 bits per heavy atom. The molecule has 1 fully saturated rings. The van der Waals surface area contributed by atoms with Crippen molar-refractivity contribution in [3.63, 3.8) is 0 Å². The second kappa shape index (κ2) is 8.09. The fourth-order valence-corrected chi connectivity index (χ4v) is 3.31. The fourth-order valence-electron chi connectivity index (χ4n) is 3.05. The number of benzene rings is 2. The van der Waals surface area contributed by atoms with Gasteiger partial charge >= 0.3 is 0 Å². The Labute approximate surface area is 153 Å². The topological polar surface area (TPSA) is 41.9 Å². The van der Waals surface area contributed by atoms with E-state index in [0.29, 0.717) is 17.6 Å². The lowest BCUT2D eigenvalue weighted by Gasteiger charge is -2.26. The van der Waals surface area contributed by atoms with E-state index in [9.17, 15) is 5.11 Å². The third-order valence-corrected chi connectivity index (χ3v) is 4.95. The molecule has 3 rings (SSSR count). The summed E-state index contributed by atoms with van der Waals surface area (Å²) >= 11 is 6.23. The highest BCUT2D eigenvalue weighted by atomic mass is 35.5. The van der Waals surface area contributed by atoms with Crippen LogP contribution in [0.2, 0.25) is 5.02 Å². The van der Waals surface area contributed by atoms with E-state index in [1.165, 1.54) is 0 Å². The Hall–Kier alpha value is -1.75. The second-order valence-corrected chi connectivity index (χ2v) is 6.78. The molecule has 1 aliphatic rings. The summed E-state index contributed by atoms with van der Waals surface area (Å²) in [7, 11) is 3.31. The second-order valence-electron chi connectivity index (χ2n) is 6.38. The van der Waals surface area contributed by atoms with Gasteiger partial charge in [0.2, 0.25) is 0 Å². The maximum atomic E-state index is 10.7. The molecule has 0 radical (unpaired) electrons. The first-order chi connectivity index (χ1) is 12.1. The van der Waals surface area contributed by atoms with Gasteiger partial charge < -0.3 is 14.6 Å². The molecule has 1 aliphatic carbocycles. The van der Waals surface area contributed by atoms with Crippen molar-refractivity contribution >= 4 is 11.6 Å². The van der Waals surface area contributed by atoms with Crippen LogP contribution in [0.3, 0.4) is 0 Å². The molecule has 1 atom stereocenters. The predicted molar refractivity (Wildman–Crippen MR) is 99.4 cm³/mol. The number of aliphatic hydroxyl groups excluding tert-OH is 1. The third kappa shape index (κ3) is 4.46. The molecule has 0 heterocycles. The number of methoxy groups -OCH3 is 2. The number of nitrogens with zero attached hydrogens (tertiary/aromatic N) is 1. The molecule has 0 saturated heterocycles. The molecule has 0 spiro atoms. The maximum Gasteiger partial charge on any atom is 0.127 e. The predicted octanol–water partition coefficient (Wildman–Crippen LogP) is 4.06. The number of halogens is 1. The standard InChI is InChI=1S/C20H24ClNO3/c1-24-16-10-7-14(20(11-16)25-2)12-22(15-8-9-15)13-19(23)17-5-3-4-6-18(17)21/h3-7,10-11,15,19,23H,8-9,12-13H2,1-2H3/t19-/m0/s1. The average molecular weight is 362 g/mol. The van der Waals surface area contributed by atoms with E-state index in [1.54, 1.807) is 14.2 Å². The number of ether oxygens (including phenoxy) is 2. The van der Waals surface area contributed by atoms with Gasteiger partial charge in [0.05, 0.1) is 20.3 Å². The molecule has 134 valence electrons. The lowest BCUT2D eigenvalue weighted by molar-refractivity contribution is 0.104. The smallest absolute Gasteiger partial charge is 0.127 e. The zero-order valence-electron chi connectivity index (χ0n) is 14.6. The molecule has 1 saturated carbocycles. The van der Waals surface area contributed by atoms with E-state index in [2.05, 4.69) is 4.90 Å². The first kappa shape index (κ1) is 18.1. The summed E-state index contributed by atoms with van der Waals surface area (Å²) < 4.78 is 10.8. The highest BCUT2D eigenvalue weighted by molar-refractivity contribution is 6.31. The van der Waals surface area contributed by atoms with Gasteiger partial charge in [-0.05, 0) is 25.0 Å². The van der Waals surface area contributed by atoms with Crippen molar-refractivity contribution in [1.29, 1.82) is 0 Å². The van der Waals surface area contributed by atoms with E-state index in [0.717, 1.165) is 42.0 Å². The van der Waals surface area contributed by atoms with E-state index >= 15 is 0 Å². The normalized spacial score (nSPS) is 15.2. The third-order valence-electron chi connectivity index (χ3n) is 4.60. The zero-order chi connectivity index (χ0) is 17.8. The molecule has 2 aromatic carbocycles. The van der Waals surface area contributed by atoms with Crippen LogP contribution < -0.4 is 9.47 Å². The van der Waals surface area contributed by atoms with Gasteiger partial charge in [-0.3, -0.25) is 4.90 Å². The Morgan fingerprint density at radius 2 is 1.92 bits per heavy atom. The number of rotatable bonds is 8. The van der Waals surface area contributed by atoms with Crippen LogP contribution in [-0.2, 0) is 6.54 Å². The van der Waals surface area contributed by atoms with Crippen LogP contribution in [0.1, 0.15) is 30.1 Å². The summed E-state index contributed by atoms with van der Waals surface area (Å²) in [5.41, 5.74) is 1.86. The van der Waals surface area contributed by atoms with E-state index in [1.807, 2.05) is 42.5 Å². The summed E-state index contributed by atoms with van der Waals surface area (Å²) in [4.78, 5) is 2.30. The monoisotopic (exact) mass is 361 g/mol. The van der Waals surface area contributed by atoms with Crippen LogP contribution in [0, 0.1) is 0 Å². The Bertz CT molecular complexity index is 718. The molecule has 0 aliphatic heterocycles. The molecule has 0 aromatic heterocycles. The number of hydrogen-bond donors (Lipinski definition) is 1. The van der Waals surface area contributed by atoms with Crippen molar-refractivity contribution in [2.45, 2.75) is 31.5 Å². The molecule has 1 N–H and O–H groups in total. The van der Waals surface area contributed by atoms with Gasteiger partial charge in [0.15, 0.2) is 0 Å². The molecule has 0 unspecified atom stereocenters. The molecule has 25 heavy (non-hydrogen) atoms. The van der Waals surface area contributed by atoms with E-state index in [4.69, 9.17) is 21.1 Å². The van der Waals surface area contributed by atoms with Crippen molar-refractivity contribution < 1.29 is 14.6 Å². The largest absolute Gasteiger partial charge is 0.497 e. The summed E-state index contributed by atoms with van der Waals surface area (Å²) in [6.07, 6.45) is 1.71. The Morgan fingerprint density at radius 1 is 1.16 bits per heavy atom. The molecule has 5 heteroatoms. The van der Waals surface area contributed by atoms with Crippen LogP contribution in [0.4, 0.5) is 0 Å². The van der Waals surface area contributed by atoms with Crippen LogP contribution in [0.15, 0.2) is 42.5 Å². The van der Waals surface area contributed by atoms with Gasteiger partial charge in [0.1, 0.15) is 11.5 Å². The van der Waals surface area contributed by atoms with Crippen LogP contribution >= 0.6 is 11.6 Å². The van der Waals surface area contributed by atoms with Crippen molar-refractivity contribution in [3.05, 3.63) is 58.6 Å². The molecule has 4 nitrogen and oxygen atoms in total. The number of hydrogen-bond acceptors (Lipinski definition) is 4. The van der Waals surface area contributed by atoms with Gasteiger partial charge in [0, 0.05) is 41.3 Å².